The molecule has 0 radical (unpaired) electrons. The molecule has 1 heterocycles. The molecule has 2 aromatic rings. The van der Waals surface area contributed by atoms with Gasteiger partial charge in [0.2, 0.25) is 0 Å². The molecule has 3 rings (SSSR count). The minimum atomic E-state index is 0.0783. The topological polar surface area (TPSA) is 38.9 Å². The fraction of sp³-hybridized carbons (Fsp3) is 0.471. The first kappa shape index (κ1) is 13.8. The summed E-state index contributed by atoms with van der Waals surface area (Å²) in [5.74, 6) is 0.541. The summed E-state index contributed by atoms with van der Waals surface area (Å²) in [5.41, 5.74) is 10.2. The second-order valence-corrected chi connectivity index (χ2v) is 7.77. The normalized spacial score (nSPS) is 15.6. The molecule has 1 aliphatic carbocycles. The van der Waals surface area contributed by atoms with Crippen molar-refractivity contribution in [3.63, 3.8) is 0 Å². The van der Waals surface area contributed by atoms with Crippen molar-refractivity contribution in [3.8, 4) is 0 Å². The van der Waals surface area contributed by atoms with Crippen LogP contribution in [0.4, 0.5) is 0 Å². The SMILES string of the molecule is CC(C)(C)c1nc(C2Cc3ccccc3C2)sc1CN. The first-order valence-corrected chi connectivity index (χ1v) is 8.07. The Bertz CT molecular complexity index is 597. The predicted octanol–water partition coefficient (Wildman–Crippen LogP) is 3.78. The average molecular weight is 286 g/mol. The number of fused-ring (bicyclic) bond motifs is 1. The summed E-state index contributed by atoms with van der Waals surface area (Å²) >= 11 is 1.82. The Morgan fingerprint density at radius 2 is 1.80 bits per heavy atom. The van der Waals surface area contributed by atoms with Crippen molar-refractivity contribution in [2.45, 2.75) is 51.5 Å². The molecule has 106 valence electrons. The van der Waals surface area contributed by atoms with Gasteiger partial charge in [-0.1, -0.05) is 45.0 Å². The maximum Gasteiger partial charge on any atom is 0.0969 e. The van der Waals surface area contributed by atoms with Crippen LogP contribution < -0.4 is 5.73 Å². The number of hydrogen-bond donors (Lipinski definition) is 1. The van der Waals surface area contributed by atoms with Crippen molar-refractivity contribution < 1.29 is 0 Å². The zero-order valence-electron chi connectivity index (χ0n) is 12.4. The number of rotatable bonds is 2. The molecule has 0 amide bonds. The second kappa shape index (κ2) is 4.97. The molecule has 1 aromatic heterocycles. The first-order valence-electron chi connectivity index (χ1n) is 7.26. The zero-order valence-corrected chi connectivity index (χ0v) is 13.3. The van der Waals surface area contributed by atoms with E-state index in [0.29, 0.717) is 12.5 Å². The summed E-state index contributed by atoms with van der Waals surface area (Å²) in [6.45, 7) is 7.25. The lowest BCUT2D eigenvalue weighted by Crippen LogP contribution is -2.15. The highest BCUT2D eigenvalue weighted by Gasteiger charge is 2.29. The van der Waals surface area contributed by atoms with E-state index >= 15 is 0 Å². The van der Waals surface area contributed by atoms with E-state index in [0.717, 1.165) is 12.8 Å². The van der Waals surface area contributed by atoms with E-state index in [2.05, 4.69) is 45.0 Å². The monoisotopic (exact) mass is 286 g/mol. The summed E-state index contributed by atoms with van der Waals surface area (Å²) in [7, 11) is 0. The predicted molar refractivity (Wildman–Crippen MR) is 85.3 cm³/mol. The third-order valence-corrected chi connectivity index (χ3v) is 5.25. The largest absolute Gasteiger partial charge is 0.326 e. The van der Waals surface area contributed by atoms with Crippen LogP contribution in [0, 0.1) is 0 Å². The standard InChI is InChI=1S/C17H22N2S/c1-17(2,3)15-14(10-18)20-16(19-15)13-8-11-6-4-5-7-12(11)9-13/h4-7,13H,8-10,18H2,1-3H3. The molecule has 20 heavy (non-hydrogen) atoms. The second-order valence-electron chi connectivity index (χ2n) is 6.65. The Hall–Kier alpha value is -1.19. The molecule has 0 bridgehead atoms. The quantitative estimate of drug-likeness (QED) is 0.912. The number of hydrogen-bond acceptors (Lipinski definition) is 3. The molecule has 0 saturated heterocycles. The molecule has 3 heteroatoms. The van der Waals surface area contributed by atoms with Crippen LogP contribution in [-0.2, 0) is 24.8 Å². The molecule has 0 spiro atoms. The Labute approximate surface area is 125 Å². The van der Waals surface area contributed by atoms with E-state index in [9.17, 15) is 0 Å². The van der Waals surface area contributed by atoms with Gasteiger partial charge in [-0.3, -0.25) is 0 Å². The molecule has 1 aromatic carbocycles. The van der Waals surface area contributed by atoms with Crippen LogP contribution in [0.1, 0.15) is 53.4 Å². The van der Waals surface area contributed by atoms with Crippen LogP contribution in [-0.4, -0.2) is 4.98 Å². The minimum absolute atomic E-state index is 0.0783. The van der Waals surface area contributed by atoms with E-state index in [1.165, 1.54) is 26.7 Å². The summed E-state index contributed by atoms with van der Waals surface area (Å²) < 4.78 is 0. The molecule has 0 unspecified atom stereocenters. The number of nitrogens with two attached hydrogens (primary N) is 1. The Morgan fingerprint density at radius 1 is 1.20 bits per heavy atom. The summed E-state index contributed by atoms with van der Waals surface area (Å²) in [6, 6.07) is 8.76. The van der Waals surface area contributed by atoms with Crippen molar-refractivity contribution in [1.29, 1.82) is 0 Å². The van der Waals surface area contributed by atoms with Crippen LogP contribution >= 0.6 is 11.3 Å². The van der Waals surface area contributed by atoms with Gasteiger partial charge in [0.15, 0.2) is 0 Å². The lowest BCUT2D eigenvalue weighted by molar-refractivity contribution is 0.561. The van der Waals surface area contributed by atoms with Crippen LogP contribution in [0.5, 0.6) is 0 Å². The number of aromatic nitrogens is 1. The Kier molecular flexibility index (Phi) is 3.43. The maximum atomic E-state index is 5.91. The zero-order chi connectivity index (χ0) is 14.3. The molecular weight excluding hydrogens is 264 g/mol. The van der Waals surface area contributed by atoms with Gasteiger partial charge in [0, 0.05) is 22.8 Å². The summed E-state index contributed by atoms with van der Waals surface area (Å²) in [6.07, 6.45) is 2.24. The highest BCUT2D eigenvalue weighted by Crippen LogP contribution is 2.38. The van der Waals surface area contributed by atoms with Crippen LogP contribution in [0.3, 0.4) is 0 Å². The first-order chi connectivity index (χ1) is 9.49. The van der Waals surface area contributed by atoms with Gasteiger partial charge in [0.05, 0.1) is 10.7 Å². The van der Waals surface area contributed by atoms with Gasteiger partial charge < -0.3 is 5.73 Å². The van der Waals surface area contributed by atoms with Crippen LogP contribution in [0.25, 0.3) is 0 Å². The van der Waals surface area contributed by atoms with Gasteiger partial charge in [-0.25, -0.2) is 4.98 Å². The Balaban J connectivity index is 1.92. The molecule has 0 atom stereocenters. The van der Waals surface area contributed by atoms with Gasteiger partial charge in [0.1, 0.15) is 0 Å². The van der Waals surface area contributed by atoms with Crippen LogP contribution in [0.2, 0.25) is 0 Å². The van der Waals surface area contributed by atoms with Gasteiger partial charge in [-0.2, -0.15) is 0 Å². The van der Waals surface area contributed by atoms with Gasteiger partial charge in [-0.15, -0.1) is 11.3 Å². The van der Waals surface area contributed by atoms with Crippen molar-refractivity contribution >= 4 is 11.3 Å². The van der Waals surface area contributed by atoms with Crippen molar-refractivity contribution in [2.24, 2.45) is 5.73 Å². The van der Waals surface area contributed by atoms with Crippen molar-refractivity contribution in [3.05, 3.63) is 51.0 Å². The number of nitrogens with zero attached hydrogens (tertiary/aromatic N) is 1. The fourth-order valence-corrected chi connectivity index (χ4v) is 4.26. The van der Waals surface area contributed by atoms with Gasteiger partial charge in [-0.05, 0) is 24.0 Å². The molecular formula is C17H22N2S. The third kappa shape index (κ3) is 2.40. The fourth-order valence-electron chi connectivity index (χ4n) is 3.00. The molecule has 1 aliphatic rings. The molecule has 0 fully saturated rings. The molecule has 0 saturated carbocycles. The van der Waals surface area contributed by atoms with E-state index in [1.807, 2.05) is 11.3 Å². The summed E-state index contributed by atoms with van der Waals surface area (Å²) in [5, 5.41) is 1.27. The maximum absolute atomic E-state index is 5.91. The molecule has 2 nitrogen and oxygen atoms in total. The van der Waals surface area contributed by atoms with E-state index in [1.54, 1.807) is 0 Å². The smallest absolute Gasteiger partial charge is 0.0969 e. The number of thiazole rings is 1. The highest BCUT2D eigenvalue weighted by molar-refractivity contribution is 7.11. The highest BCUT2D eigenvalue weighted by atomic mass is 32.1. The van der Waals surface area contributed by atoms with E-state index in [4.69, 9.17) is 10.7 Å². The molecule has 0 aliphatic heterocycles. The third-order valence-electron chi connectivity index (χ3n) is 4.01. The lowest BCUT2D eigenvalue weighted by atomic mass is 9.91. The number of benzene rings is 1. The van der Waals surface area contributed by atoms with Crippen LogP contribution in [0.15, 0.2) is 24.3 Å². The lowest BCUT2D eigenvalue weighted by Gasteiger charge is -2.17. The van der Waals surface area contributed by atoms with Crippen molar-refractivity contribution in [1.82, 2.24) is 4.98 Å². The molecule has 2 N–H and O–H groups in total. The summed E-state index contributed by atoms with van der Waals surface area (Å²) in [4.78, 5) is 6.21. The Morgan fingerprint density at radius 3 is 2.25 bits per heavy atom. The van der Waals surface area contributed by atoms with Gasteiger partial charge >= 0.3 is 0 Å². The van der Waals surface area contributed by atoms with Crippen molar-refractivity contribution in [2.75, 3.05) is 0 Å². The van der Waals surface area contributed by atoms with E-state index in [-0.39, 0.29) is 5.41 Å². The van der Waals surface area contributed by atoms with Gasteiger partial charge in [0.25, 0.3) is 0 Å². The average Bonchev–Trinajstić information content (AvgIpc) is 3.01. The minimum Gasteiger partial charge on any atom is -0.326 e. The van der Waals surface area contributed by atoms with E-state index < -0.39 is 0 Å².